The SMILES string of the molecule is CN1Cc2c(Cl)cc(Cl)cc2[C@H](c2cccc(S(=O)(=O)NCCOCCOCCN)c2)C1.Cl.Cl. The van der Waals surface area contributed by atoms with Crippen LogP contribution in [0.4, 0.5) is 0 Å². The standard InChI is InChI=1S/C22H29Cl2N3O4S.2ClH/c1-27-14-20(19-12-17(23)13-22(24)21(19)15-27)16-3-2-4-18(11-16)32(28,29)26-6-8-31-10-9-30-7-5-25;;/h2-4,11-13,20,26H,5-10,14-15,25H2,1H3;2*1H/t20-;;/m0../s1. The van der Waals surface area contributed by atoms with Crippen LogP contribution in [0.2, 0.25) is 10.0 Å². The number of rotatable bonds is 11. The zero-order chi connectivity index (χ0) is 23.1. The van der Waals surface area contributed by atoms with Gasteiger partial charge >= 0.3 is 0 Å². The van der Waals surface area contributed by atoms with Gasteiger partial charge < -0.3 is 20.1 Å². The summed E-state index contributed by atoms with van der Waals surface area (Å²) in [6.45, 7) is 3.63. The molecule has 0 bridgehead atoms. The maximum Gasteiger partial charge on any atom is 0.240 e. The number of halogens is 4. The molecule has 192 valence electrons. The first kappa shape index (κ1) is 31.4. The van der Waals surface area contributed by atoms with Crippen LogP contribution in [0.15, 0.2) is 41.3 Å². The summed E-state index contributed by atoms with van der Waals surface area (Å²) in [5, 5.41) is 1.20. The minimum absolute atomic E-state index is 0. The summed E-state index contributed by atoms with van der Waals surface area (Å²) in [5.74, 6) is -0.0352. The van der Waals surface area contributed by atoms with Crippen LogP contribution < -0.4 is 10.5 Å². The van der Waals surface area contributed by atoms with Gasteiger partial charge in [-0.15, -0.1) is 24.8 Å². The zero-order valence-electron chi connectivity index (χ0n) is 18.8. The topological polar surface area (TPSA) is 93.9 Å². The van der Waals surface area contributed by atoms with Crippen LogP contribution in [0.25, 0.3) is 0 Å². The molecule has 3 N–H and O–H groups in total. The lowest BCUT2D eigenvalue weighted by atomic mass is 9.85. The Morgan fingerprint density at radius 2 is 1.79 bits per heavy atom. The average molecular weight is 575 g/mol. The number of ether oxygens (including phenoxy) is 2. The Morgan fingerprint density at radius 3 is 2.50 bits per heavy atom. The van der Waals surface area contributed by atoms with Gasteiger partial charge in [0.15, 0.2) is 0 Å². The zero-order valence-corrected chi connectivity index (χ0v) is 22.8. The summed E-state index contributed by atoms with van der Waals surface area (Å²) in [7, 11) is -1.66. The predicted molar refractivity (Wildman–Crippen MR) is 141 cm³/mol. The molecule has 0 saturated heterocycles. The number of nitrogens with two attached hydrogens (primary N) is 1. The third-order valence-electron chi connectivity index (χ3n) is 5.24. The molecule has 1 heterocycles. The van der Waals surface area contributed by atoms with Crippen molar-refractivity contribution >= 4 is 58.0 Å². The molecule has 0 spiro atoms. The normalized spacial score (nSPS) is 15.8. The van der Waals surface area contributed by atoms with E-state index in [0.717, 1.165) is 29.8 Å². The van der Waals surface area contributed by atoms with Gasteiger partial charge in [0.05, 0.1) is 31.3 Å². The molecule has 0 aliphatic carbocycles. The van der Waals surface area contributed by atoms with Crippen molar-refractivity contribution in [1.82, 2.24) is 9.62 Å². The number of benzene rings is 2. The second-order valence-corrected chi connectivity index (χ2v) is 10.3. The maximum atomic E-state index is 12.8. The van der Waals surface area contributed by atoms with Crippen molar-refractivity contribution in [3.05, 3.63) is 63.1 Å². The third-order valence-corrected chi connectivity index (χ3v) is 7.25. The number of sulfonamides is 1. The number of hydrogen-bond donors (Lipinski definition) is 2. The average Bonchev–Trinajstić information content (AvgIpc) is 2.76. The quantitative estimate of drug-likeness (QED) is 0.398. The summed E-state index contributed by atoms with van der Waals surface area (Å²) < 4.78 is 38.8. The fraction of sp³-hybridized carbons (Fsp3) is 0.455. The molecule has 1 aliphatic rings. The molecule has 2 aromatic rings. The Kier molecular flexibility index (Phi) is 13.7. The highest BCUT2D eigenvalue weighted by Gasteiger charge is 2.28. The molecule has 0 radical (unpaired) electrons. The van der Waals surface area contributed by atoms with E-state index in [1.165, 1.54) is 0 Å². The third kappa shape index (κ3) is 8.48. The molecular weight excluding hydrogens is 544 g/mol. The highest BCUT2D eigenvalue weighted by molar-refractivity contribution is 7.89. The predicted octanol–water partition coefficient (Wildman–Crippen LogP) is 3.68. The molecule has 1 aliphatic heterocycles. The van der Waals surface area contributed by atoms with Crippen molar-refractivity contribution in [2.45, 2.75) is 17.4 Å². The van der Waals surface area contributed by atoms with Crippen LogP contribution in [-0.2, 0) is 26.0 Å². The summed E-state index contributed by atoms with van der Waals surface area (Å²) in [5.41, 5.74) is 8.29. The second kappa shape index (κ2) is 14.8. The Balaban J connectivity index is 0.00000289. The molecule has 0 saturated carbocycles. The fourth-order valence-electron chi connectivity index (χ4n) is 3.77. The molecule has 34 heavy (non-hydrogen) atoms. The van der Waals surface area contributed by atoms with Gasteiger partial charge in [0.2, 0.25) is 10.0 Å². The van der Waals surface area contributed by atoms with Gasteiger partial charge in [-0.2, -0.15) is 0 Å². The molecule has 2 aromatic carbocycles. The molecule has 7 nitrogen and oxygen atoms in total. The van der Waals surface area contributed by atoms with Crippen molar-refractivity contribution in [3.63, 3.8) is 0 Å². The lowest BCUT2D eigenvalue weighted by Crippen LogP contribution is -2.31. The van der Waals surface area contributed by atoms with E-state index in [9.17, 15) is 8.42 Å². The summed E-state index contributed by atoms with van der Waals surface area (Å²) in [4.78, 5) is 2.38. The summed E-state index contributed by atoms with van der Waals surface area (Å²) >= 11 is 12.7. The lowest BCUT2D eigenvalue weighted by molar-refractivity contribution is 0.0530. The second-order valence-electron chi connectivity index (χ2n) is 7.69. The van der Waals surface area contributed by atoms with Gasteiger partial charge in [-0.25, -0.2) is 13.1 Å². The van der Waals surface area contributed by atoms with E-state index in [0.29, 0.717) is 36.4 Å². The van der Waals surface area contributed by atoms with Crippen LogP contribution >= 0.6 is 48.0 Å². The first-order valence-corrected chi connectivity index (χ1v) is 12.7. The van der Waals surface area contributed by atoms with E-state index in [1.54, 1.807) is 24.3 Å². The van der Waals surface area contributed by atoms with Gasteiger partial charge in [0.1, 0.15) is 0 Å². The smallest absolute Gasteiger partial charge is 0.240 e. The van der Waals surface area contributed by atoms with E-state index in [1.807, 2.05) is 19.2 Å². The number of fused-ring (bicyclic) bond motifs is 1. The molecule has 0 fully saturated rings. The first-order valence-electron chi connectivity index (χ1n) is 10.4. The lowest BCUT2D eigenvalue weighted by Gasteiger charge is -2.33. The van der Waals surface area contributed by atoms with Crippen molar-refractivity contribution in [2.24, 2.45) is 5.73 Å². The van der Waals surface area contributed by atoms with Crippen molar-refractivity contribution in [2.75, 3.05) is 53.1 Å². The highest BCUT2D eigenvalue weighted by atomic mass is 35.5. The van der Waals surface area contributed by atoms with E-state index in [4.69, 9.17) is 38.4 Å². The Hall–Kier alpha value is -0.650. The first-order chi connectivity index (χ1) is 15.3. The fourth-order valence-corrected chi connectivity index (χ4v) is 5.40. The minimum Gasteiger partial charge on any atom is -0.378 e. The number of likely N-dealkylation sites (N-methyl/N-ethyl adjacent to an activating group) is 1. The monoisotopic (exact) mass is 573 g/mol. The number of nitrogens with one attached hydrogen (secondary N) is 1. The molecule has 12 heteroatoms. The molecule has 0 aromatic heterocycles. The van der Waals surface area contributed by atoms with Crippen LogP contribution in [0, 0.1) is 0 Å². The van der Waals surface area contributed by atoms with Crippen LogP contribution in [0.5, 0.6) is 0 Å². The van der Waals surface area contributed by atoms with Crippen molar-refractivity contribution < 1.29 is 17.9 Å². The van der Waals surface area contributed by atoms with E-state index in [2.05, 4.69) is 9.62 Å². The van der Waals surface area contributed by atoms with E-state index < -0.39 is 10.0 Å². The largest absolute Gasteiger partial charge is 0.378 e. The molecule has 0 unspecified atom stereocenters. The van der Waals surface area contributed by atoms with Crippen LogP contribution in [-0.4, -0.2) is 66.4 Å². The van der Waals surface area contributed by atoms with Gasteiger partial charge in [0.25, 0.3) is 0 Å². The number of nitrogens with zero attached hydrogens (tertiary/aromatic N) is 1. The van der Waals surface area contributed by atoms with Gasteiger partial charge in [-0.05, 0) is 48.0 Å². The maximum absolute atomic E-state index is 12.8. The Morgan fingerprint density at radius 1 is 1.09 bits per heavy atom. The summed E-state index contributed by atoms with van der Waals surface area (Å²) in [6.07, 6.45) is 0. The number of hydrogen-bond acceptors (Lipinski definition) is 6. The molecule has 3 rings (SSSR count). The highest BCUT2D eigenvalue weighted by Crippen LogP contribution is 2.38. The van der Waals surface area contributed by atoms with Crippen LogP contribution in [0.1, 0.15) is 22.6 Å². The molecule has 1 atom stereocenters. The van der Waals surface area contributed by atoms with Crippen molar-refractivity contribution in [1.29, 1.82) is 0 Å². The van der Waals surface area contributed by atoms with E-state index in [-0.39, 0.29) is 48.8 Å². The molecular formula is C22H31Cl4N3O4S. The van der Waals surface area contributed by atoms with Crippen molar-refractivity contribution in [3.8, 4) is 0 Å². The van der Waals surface area contributed by atoms with Gasteiger partial charge in [0, 0.05) is 42.1 Å². The van der Waals surface area contributed by atoms with Crippen LogP contribution in [0.3, 0.4) is 0 Å². The minimum atomic E-state index is -3.67. The van der Waals surface area contributed by atoms with Gasteiger partial charge in [-0.1, -0.05) is 35.3 Å². The molecule has 0 amide bonds. The Labute approximate surface area is 224 Å². The summed E-state index contributed by atoms with van der Waals surface area (Å²) in [6, 6.07) is 10.7. The Bertz CT molecular complexity index is 1030. The van der Waals surface area contributed by atoms with Gasteiger partial charge in [-0.3, -0.25) is 0 Å². The van der Waals surface area contributed by atoms with E-state index >= 15 is 0 Å².